The molecule has 4 nitrogen and oxygen atoms in total. The van der Waals surface area contributed by atoms with Crippen molar-refractivity contribution in [1.29, 1.82) is 0 Å². The van der Waals surface area contributed by atoms with Crippen molar-refractivity contribution in [2.75, 3.05) is 11.5 Å². The highest BCUT2D eigenvalue weighted by Gasteiger charge is 2.41. The van der Waals surface area contributed by atoms with Crippen LogP contribution in [-0.4, -0.2) is 42.8 Å². The molecule has 1 heterocycles. The van der Waals surface area contributed by atoms with Gasteiger partial charge in [0.25, 0.3) is 0 Å². The molecule has 2 aliphatic rings. The van der Waals surface area contributed by atoms with Crippen molar-refractivity contribution in [3.8, 4) is 0 Å². The number of rotatable bonds is 4. The zero-order chi connectivity index (χ0) is 15.0. The molecule has 1 aliphatic carbocycles. The van der Waals surface area contributed by atoms with Crippen molar-refractivity contribution in [3.05, 3.63) is 35.6 Å². The van der Waals surface area contributed by atoms with Crippen molar-refractivity contribution in [1.82, 2.24) is 4.90 Å². The van der Waals surface area contributed by atoms with E-state index in [0.29, 0.717) is 6.42 Å². The number of carbonyl (C=O) groups excluding carboxylic acids is 1. The van der Waals surface area contributed by atoms with Crippen molar-refractivity contribution < 1.29 is 17.6 Å². The molecular weight excluding hydrogens is 293 g/mol. The van der Waals surface area contributed by atoms with Gasteiger partial charge in [-0.05, 0) is 37.0 Å². The summed E-state index contributed by atoms with van der Waals surface area (Å²) in [7, 11) is -3.00. The van der Waals surface area contributed by atoms with Crippen molar-refractivity contribution >= 4 is 15.7 Å². The second kappa shape index (κ2) is 5.40. The Labute approximate surface area is 123 Å². The first kappa shape index (κ1) is 14.5. The summed E-state index contributed by atoms with van der Waals surface area (Å²) < 4.78 is 36.1. The molecule has 0 bridgehead atoms. The third-order valence-corrected chi connectivity index (χ3v) is 5.85. The number of benzene rings is 1. The van der Waals surface area contributed by atoms with E-state index in [1.165, 1.54) is 12.1 Å². The van der Waals surface area contributed by atoms with Crippen LogP contribution in [0.15, 0.2) is 24.3 Å². The van der Waals surface area contributed by atoms with E-state index in [1.54, 1.807) is 17.0 Å². The average Bonchev–Trinajstić information content (AvgIpc) is 3.17. The van der Waals surface area contributed by atoms with E-state index < -0.39 is 9.84 Å². The Balaban J connectivity index is 1.72. The van der Waals surface area contributed by atoms with E-state index in [9.17, 15) is 17.6 Å². The van der Waals surface area contributed by atoms with Crippen LogP contribution in [0.25, 0.3) is 0 Å². The summed E-state index contributed by atoms with van der Waals surface area (Å²) in [4.78, 5) is 14.3. The molecule has 1 saturated heterocycles. The van der Waals surface area contributed by atoms with Crippen molar-refractivity contribution in [2.45, 2.75) is 37.8 Å². The molecule has 1 saturated carbocycles. The van der Waals surface area contributed by atoms with E-state index in [1.807, 2.05) is 0 Å². The standard InChI is InChI=1S/C15H18FNO3S/c16-12-3-1-11(2-4-12)9-15(18)17(13-5-6-13)14-7-8-21(19,20)10-14/h1-4,13-14H,5-10H2. The Bertz CT molecular complexity index is 637. The average molecular weight is 311 g/mol. The smallest absolute Gasteiger partial charge is 0.227 e. The third-order valence-electron chi connectivity index (χ3n) is 4.10. The molecule has 1 atom stereocenters. The Morgan fingerprint density at radius 2 is 1.81 bits per heavy atom. The maximum absolute atomic E-state index is 12.9. The summed E-state index contributed by atoms with van der Waals surface area (Å²) in [6.07, 6.45) is 2.64. The van der Waals surface area contributed by atoms with Crippen LogP contribution in [0.2, 0.25) is 0 Å². The fourth-order valence-electron chi connectivity index (χ4n) is 2.92. The lowest BCUT2D eigenvalue weighted by Gasteiger charge is -2.28. The quantitative estimate of drug-likeness (QED) is 0.848. The molecule has 1 aromatic rings. The van der Waals surface area contributed by atoms with Crippen LogP contribution >= 0.6 is 0 Å². The van der Waals surface area contributed by atoms with Crippen LogP contribution in [0, 0.1) is 5.82 Å². The van der Waals surface area contributed by atoms with E-state index in [0.717, 1.165) is 18.4 Å². The predicted octanol–water partition coefficient (Wildman–Crippen LogP) is 1.55. The zero-order valence-corrected chi connectivity index (χ0v) is 12.5. The maximum atomic E-state index is 12.9. The van der Waals surface area contributed by atoms with Crippen LogP contribution in [0.3, 0.4) is 0 Å². The first-order chi connectivity index (χ1) is 9.94. The molecule has 2 fully saturated rings. The molecule has 3 rings (SSSR count). The normalized spacial score (nSPS) is 24.0. The fraction of sp³-hybridized carbons (Fsp3) is 0.533. The SMILES string of the molecule is O=C(Cc1ccc(F)cc1)N(C1CC1)C1CCS(=O)(=O)C1. The summed E-state index contributed by atoms with van der Waals surface area (Å²) in [6.45, 7) is 0. The topological polar surface area (TPSA) is 54.5 Å². The van der Waals surface area contributed by atoms with E-state index in [4.69, 9.17) is 0 Å². The number of nitrogens with zero attached hydrogens (tertiary/aromatic N) is 1. The minimum atomic E-state index is -3.00. The molecule has 0 N–H and O–H groups in total. The van der Waals surface area contributed by atoms with Crippen LogP contribution < -0.4 is 0 Å². The molecule has 114 valence electrons. The van der Waals surface area contributed by atoms with Gasteiger partial charge < -0.3 is 4.90 Å². The minimum Gasteiger partial charge on any atom is -0.335 e. The fourth-order valence-corrected chi connectivity index (χ4v) is 4.63. The highest BCUT2D eigenvalue weighted by atomic mass is 32.2. The van der Waals surface area contributed by atoms with Gasteiger partial charge in [-0.3, -0.25) is 4.79 Å². The van der Waals surface area contributed by atoms with Gasteiger partial charge in [-0.25, -0.2) is 12.8 Å². The zero-order valence-electron chi connectivity index (χ0n) is 11.7. The molecular formula is C15H18FNO3S. The summed E-state index contributed by atoms with van der Waals surface area (Å²) in [5.74, 6) is -0.123. The van der Waals surface area contributed by atoms with Gasteiger partial charge in [0, 0.05) is 12.1 Å². The van der Waals surface area contributed by atoms with Crippen molar-refractivity contribution in [2.24, 2.45) is 0 Å². The Morgan fingerprint density at radius 3 is 2.33 bits per heavy atom. The largest absolute Gasteiger partial charge is 0.335 e. The first-order valence-corrected chi connectivity index (χ1v) is 9.03. The minimum absolute atomic E-state index is 0.0498. The van der Waals surface area contributed by atoms with Crippen LogP contribution in [0.4, 0.5) is 4.39 Å². The number of carbonyl (C=O) groups is 1. The highest BCUT2D eigenvalue weighted by molar-refractivity contribution is 7.91. The lowest BCUT2D eigenvalue weighted by atomic mass is 10.1. The molecule has 1 aromatic carbocycles. The van der Waals surface area contributed by atoms with Crippen molar-refractivity contribution in [3.63, 3.8) is 0 Å². The number of halogens is 1. The van der Waals surface area contributed by atoms with Gasteiger partial charge in [0.05, 0.1) is 17.9 Å². The van der Waals surface area contributed by atoms with E-state index in [-0.39, 0.29) is 41.7 Å². The number of hydrogen-bond donors (Lipinski definition) is 0. The maximum Gasteiger partial charge on any atom is 0.227 e. The summed E-state index contributed by atoms with van der Waals surface area (Å²) in [6, 6.07) is 5.88. The molecule has 6 heteroatoms. The van der Waals surface area contributed by atoms with E-state index >= 15 is 0 Å². The predicted molar refractivity (Wildman–Crippen MR) is 77.0 cm³/mol. The molecule has 1 unspecified atom stereocenters. The number of sulfone groups is 1. The number of hydrogen-bond acceptors (Lipinski definition) is 3. The first-order valence-electron chi connectivity index (χ1n) is 7.21. The second-order valence-corrected chi connectivity index (χ2v) is 8.12. The second-order valence-electron chi connectivity index (χ2n) is 5.89. The van der Waals surface area contributed by atoms with Gasteiger partial charge >= 0.3 is 0 Å². The Kier molecular flexibility index (Phi) is 3.73. The molecule has 0 spiro atoms. The Hall–Kier alpha value is -1.43. The van der Waals surface area contributed by atoms with Crippen LogP contribution in [0.5, 0.6) is 0 Å². The molecule has 0 aromatic heterocycles. The van der Waals surface area contributed by atoms with Gasteiger partial charge in [-0.15, -0.1) is 0 Å². The monoisotopic (exact) mass is 311 g/mol. The molecule has 21 heavy (non-hydrogen) atoms. The summed E-state index contributed by atoms with van der Waals surface area (Å²) >= 11 is 0. The highest BCUT2D eigenvalue weighted by Crippen LogP contribution is 2.32. The van der Waals surface area contributed by atoms with Gasteiger partial charge in [0.1, 0.15) is 5.82 Å². The summed E-state index contributed by atoms with van der Waals surface area (Å²) in [5.41, 5.74) is 0.757. The number of amides is 1. The van der Waals surface area contributed by atoms with Crippen LogP contribution in [-0.2, 0) is 21.1 Å². The molecule has 1 aliphatic heterocycles. The lowest BCUT2D eigenvalue weighted by Crippen LogP contribution is -2.43. The summed E-state index contributed by atoms with van der Waals surface area (Å²) in [5, 5.41) is 0. The van der Waals surface area contributed by atoms with Gasteiger partial charge in [-0.1, -0.05) is 12.1 Å². The van der Waals surface area contributed by atoms with Gasteiger partial charge in [-0.2, -0.15) is 0 Å². The van der Waals surface area contributed by atoms with Gasteiger partial charge in [0.15, 0.2) is 9.84 Å². The Morgan fingerprint density at radius 1 is 1.14 bits per heavy atom. The third kappa shape index (κ3) is 3.43. The molecule has 1 amide bonds. The molecule has 0 radical (unpaired) electrons. The van der Waals surface area contributed by atoms with E-state index in [2.05, 4.69) is 0 Å². The lowest BCUT2D eigenvalue weighted by molar-refractivity contribution is -0.133. The van der Waals surface area contributed by atoms with Gasteiger partial charge in [0.2, 0.25) is 5.91 Å². The van der Waals surface area contributed by atoms with Crippen LogP contribution in [0.1, 0.15) is 24.8 Å².